The first-order chi connectivity index (χ1) is 13.7. The summed E-state index contributed by atoms with van der Waals surface area (Å²) in [7, 11) is 0. The molecule has 4 rings (SSSR count). The monoisotopic (exact) mass is 372 g/mol. The predicted molar refractivity (Wildman–Crippen MR) is 109 cm³/mol. The Morgan fingerprint density at radius 2 is 1.93 bits per heavy atom. The molecule has 1 N–H and O–H groups in total. The number of carbonyl (C=O) groups is 1. The van der Waals surface area contributed by atoms with Crippen LogP contribution in [0.5, 0.6) is 5.75 Å². The van der Waals surface area contributed by atoms with Crippen molar-refractivity contribution in [1.29, 1.82) is 0 Å². The fraction of sp³-hybridized carbons (Fsp3) is 0.136. The van der Waals surface area contributed by atoms with Crippen LogP contribution in [0, 0.1) is 0 Å². The Bertz CT molecular complexity index is 1090. The lowest BCUT2D eigenvalue weighted by molar-refractivity contribution is 0.102. The van der Waals surface area contributed by atoms with Crippen molar-refractivity contribution in [3.05, 3.63) is 78.9 Å². The van der Waals surface area contributed by atoms with E-state index in [2.05, 4.69) is 22.2 Å². The number of carbonyl (C=O) groups excluding carboxylic acids is 1. The smallest absolute Gasteiger partial charge is 0.255 e. The number of amides is 1. The zero-order valence-corrected chi connectivity index (χ0v) is 15.5. The number of fused-ring (bicyclic) bond motifs is 1. The second kappa shape index (κ2) is 7.92. The van der Waals surface area contributed by atoms with Gasteiger partial charge in [0.1, 0.15) is 11.6 Å². The van der Waals surface area contributed by atoms with Crippen LogP contribution in [0.2, 0.25) is 0 Å². The molecule has 0 unspecified atom stereocenters. The van der Waals surface area contributed by atoms with Crippen molar-refractivity contribution >= 4 is 22.5 Å². The molecule has 0 bridgehead atoms. The van der Waals surface area contributed by atoms with Gasteiger partial charge in [0, 0.05) is 23.3 Å². The van der Waals surface area contributed by atoms with Gasteiger partial charge in [-0.05, 0) is 55.0 Å². The van der Waals surface area contributed by atoms with Crippen LogP contribution in [-0.2, 0) is 0 Å². The van der Waals surface area contributed by atoms with E-state index >= 15 is 0 Å². The number of rotatable bonds is 6. The van der Waals surface area contributed by atoms with E-state index in [-0.39, 0.29) is 5.91 Å². The Balaban J connectivity index is 1.46. The molecule has 6 nitrogen and oxygen atoms in total. The van der Waals surface area contributed by atoms with Gasteiger partial charge in [-0.2, -0.15) is 0 Å². The van der Waals surface area contributed by atoms with E-state index in [0.29, 0.717) is 17.9 Å². The van der Waals surface area contributed by atoms with Gasteiger partial charge in [-0.15, -0.1) is 0 Å². The van der Waals surface area contributed by atoms with E-state index in [0.717, 1.165) is 28.9 Å². The summed E-state index contributed by atoms with van der Waals surface area (Å²) in [6.45, 7) is 2.72. The second-order valence-electron chi connectivity index (χ2n) is 6.35. The van der Waals surface area contributed by atoms with Crippen molar-refractivity contribution in [3.8, 4) is 11.6 Å². The first-order valence-electron chi connectivity index (χ1n) is 9.16. The summed E-state index contributed by atoms with van der Waals surface area (Å²) in [4.78, 5) is 21.1. The third kappa shape index (κ3) is 3.71. The van der Waals surface area contributed by atoms with Crippen molar-refractivity contribution < 1.29 is 9.53 Å². The molecule has 1 aromatic carbocycles. The lowest BCUT2D eigenvalue weighted by atomic mass is 10.2. The highest BCUT2D eigenvalue weighted by atomic mass is 16.5. The minimum atomic E-state index is -0.188. The number of aromatic nitrogens is 3. The van der Waals surface area contributed by atoms with Crippen molar-refractivity contribution in [2.45, 2.75) is 13.3 Å². The topological polar surface area (TPSA) is 69.0 Å². The van der Waals surface area contributed by atoms with Crippen molar-refractivity contribution in [2.24, 2.45) is 0 Å². The first-order valence-corrected chi connectivity index (χ1v) is 9.16. The molecule has 6 heteroatoms. The molecule has 0 aliphatic rings. The minimum Gasteiger partial charge on any atom is -0.494 e. The number of ether oxygens (including phenoxy) is 1. The standard InChI is InChI=1S/C22H20N4O2/c1-2-13-28-19-6-3-17(4-7-19)22(27)25-18-5-8-21(24-14-18)26-12-10-16-9-11-23-15-20(16)26/h3-12,14-15H,2,13H2,1H3,(H,25,27). The van der Waals surface area contributed by atoms with Crippen LogP contribution in [-0.4, -0.2) is 27.0 Å². The number of hydrogen-bond donors (Lipinski definition) is 1. The van der Waals surface area contributed by atoms with Gasteiger partial charge >= 0.3 is 0 Å². The number of nitrogens with zero attached hydrogens (tertiary/aromatic N) is 3. The van der Waals surface area contributed by atoms with E-state index in [9.17, 15) is 4.79 Å². The number of anilines is 1. The summed E-state index contributed by atoms with van der Waals surface area (Å²) in [5.41, 5.74) is 2.18. The maximum absolute atomic E-state index is 12.4. The van der Waals surface area contributed by atoms with E-state index < -0.39 is 0 Å². The lowest BCUT2D eigenvalue weighted by Gasteiger charge is -2.08. The van der Waals surface area contributed by atoms with Crippen molar-refractivity contribution in [3.63, 3.8) is 0 Å². The molecule has 0 aliphatic carbocycles. The zero-order valence-electron chi connectivity index (χ0n) is 15.5. The van der Waals surface area contributed by atoms with Gasteiger partial charge in [-0.1, -0.05) is 6.92 Å². The normalized spacial score (nSPS) is 10.8. The molecule has 3 heterocycles. The average Bonchev–Trinajstić information content (AvgIpc) is 3.17. The summed E-state index contributed by atoms with van der Waals surface area (Å²) in [5, 5.41) is 3.96. The summed E-state index contributed by atoms with van der Waals surface area (Å²) in [5.74, 6) is 1.34. The van der Waals surface area contributed by atoms with E-state index in [1.807, 2.05) is 35.0 Å². The van der Waals surface area contributed by atoms with Gasteiger partial charge in [-0.3, -0.25) is 14.3 Å². The van der Waals surface area contributed by atoms with Gasteiger partial charge < -0.3 is 10.1 Å². The Kier molecular flexibility index (Phi) is 5.01. The number of benzene rings is 1. The summed E-state index contributed by atoms with van der Waals surface area (Å²) >= 11 is 0. The SMILES string of the molecule is CCCOc1ccc(C(=O)Nc2ccc(-n3ccc4ccncc43)nc2)cc1. The van der Waals surface area contributed by atoms with E-state index in [1.165, 1.54) is 0 Å². The predicted octanol–water partition coefficient (Wildman–Crippen LogP) is 4.46. The van der Waals surface area contributed by atoms with Gasteiger partial charge in [-0.25, -0.2) is 4.98 Å². The van der Waals surface area contributed by atoms with Gasteiger partial charge in [0.2, 0.25) is 0 Å². The van der Waals surface area contributed by atoms with Crippen molar-refractivity contribution in [2.75, 3.05) is 11.9 Å². The molecule has 0 atom stereocenters. The maximum Gasteiger partial charge on any atom is 0.255 e. The first kappa shape index (κ1) is 17.7. The lowest BCUT2D eigenvalue weighted by Crippen LogP contribution is -2.12. The van der Waals surface area contributed by atoms with Crippen molar-refractivity contribution in [1.82, 2.24) is 14.5 Å². The molecule has 0 radical (unpaired) electrons. The molecule has 140 valence electrons. The summed E-state index contributed by atoms with van der Waals surface area (Å²) in [6.07, 6.45) is 8.12. The molecule has 0 saturated heterocycles. The van der Waals surface area contributed by atoms with Crippen LogP contribution >= 0.6 is 0 Å². The molecule has 0 saturated carbocycles. The Labute approximate surface area is 162 Å². The Morgan fingerprint density at radius 1 is 1.07 bits per heavy atom. The van der Waals surface area contributed by atoms with Gasteiger partial charge in [0.15, 0.2) is 0 Å². The summed E-state index contributed by atoms with van der Waals surface area (Å²) < 4.78 is 7.50. The molecule has 4 aromatic rings. The molecule has 0 fully saturated rings. The molecule has 0 spiro atoms. The number of nitrogens with one attached hydrogen (secondary N) is 1. The quantitative estimate of drug-likeness (QED) is 0.542. The van der Waals surface area contributed by atoms with Gasteiger partial charge in [0.05, 0.1) is 30.2 Å². The van der Waals surface area contributed by atoms with Gasteiger partial charge in [0.25, 0.3) is 5.91 Å². The van der Waals surface area contributed by atoms with Crippen LogP contribution in [0.1, 0.15) is 23.7 Å². The molecular formula is C22H20N4O2. The Morgan fingerprint density at radius 3 is 2.68 bits per heavy atom. The van der Waals surface area contributed by atoms with Crippen LogP contribution in [0.3, 0.4) is 0 Å². The molecule has 3 aromatic heterocycles. The van der Waals surface area contributed by atoms with E-state index in [1.54, 1.807) is 42.9 Å². The number of hydrogen-bond acceptors (Lipinski definition) is 4. The largest absolute Gasteiger partial charge is 0.494 e. The molecule has 0 aliphatic heterocycles. The molecular weight excluding hydrogens is 352 g/mol. The van der Waals surface area contributed by atoms with Crippen LogP contribution in [0.15, 0.2) is 73.3 Å². The van der Waals surface area contributed by atoms with Crippen LogP contribution in [0.4, 0.5) is 5.69 Å². The second-order valence-corrected chi connectivity index (χ2v) is 6.35. The number of pyridine rings is 2. The van der Waals surface area contributed by atoms with Crippen LogP contribution in [0.25, 0.3) is 16.7 Å². The Hall–Kier alpha value is -3.67. The maximum atomic E-state index is 12.4. The highest BCUT2D eigenvalue weighted by Crippen LogP contribution is 2.19. The minimum absolute atomic E-state index is 0.188. The third-order valence-electron chi connectivity index (χ3n) is 4.34. The molecule has 28 heavy (non-hydrogen) atoms. The highest BCUT2D eigenvalue weighted by Gasteiger charge is 2.08. The fourth-order valence-electron chi connectivity index (χ4n) is 2.90. The van der Waals surface area contributed by atoms with E-state index in [4.69, 9.17) is 4.74 Å². The van der Waals surface area contributed by atoms with Crippen LogP contribution < -0.4 is 10.1 Å². The zero-order chi connectivity index (χ0) is 19.3. The average molecular weight is 372 g/mol. The summed E-state index contributed by atoms with van der Waals surface area (Å²) in [6, 6.07) is 14.8. The molecule has 1 amide bonds. The third-order valence-corrected chi connectivity index (χ3v) is 4.34. The fourth-order valence-corrected chi connectivity index (χ4v) is 2.90. The highest BCUT2D eigenvalue weighted by molar-refractivity contribution is 6.04.